The number of anilines is 1. The quantitative estimate of drug-likeness (QED) is 0.867. The highest BCUT2D eigenvalue weighted by molar-refractivity contribution is 5.95. The number of rotatable bonds is 5. The molecular formula is C13H20ClFN2O. The number of halogens is 2. The van der Waals surface area contributed by atoms with Crippen molar-refractivity contribution in [2.24, 2.45) is 11.1 Å². The van der Waals surface area contributed by atoms with Crippen LogP contribution >= 0.6 is 12.4 Å². The average molecular weight is 275 g/mol. The van der Waals surface area contributed by atoms with E-state index in [1.807, 2.05) is 13.8 Å². The summed E-state index contributed by atoms with van der Waals surface area (Å²) in [5.74, 6) is -0.644. The van der Waals surface area contributed by atoms with E-state index in [4.69, 9.17) is 5.73 Å². The number of para-hydroxylation sites is 1. The number of carbonyl (C=O) groups is 1. The zero-order valence-corrected chi connectivity index (χ0v) is 11.5. The zero-order chi connectivity index (χ0) is 12.9. The van der Waals surface area contributed by atoms with Crippen molar-refractivity contribution >= 4 is 24.0 Å². The topological polar surface area (TPSA) is 55.1 Å². The monoisotopic (exact) mass is 274 g/mol. The van der Waals surface area contributed by atoms with Gasteiger partial charge in [-0.15, -0.1) is 12.4 Å². The predicted molar refractivity (Wildman–Crippen MR) is 74.3 cm³/mol. The van der Waals surface area contributed by atoms with Crippen molar-refractivity contribution in [3.05, 3.63) is 30.1 Å². The van der Waals surface area contributed by atoms with Gasteiger partial charge in [0, 0.05) is 6.54 Å². The first-order valence-corrected chi connectivity index (χ1v) is 5.85. The molecule has 0 atom stereocenters. The summed E-state index contributed by atoms with van der Waals surface area (Å²) in [5, 5.41) is 2.61. The molecule has 3 nitrogen and oxygen atoms in total. The van der Waals surface area contributed by atoms with Crippen LogP contribution in [0, 0.1) is 11.2 Å². The fourth-order valence-electron chi connectivity index (χ4n) is 1.77. The number of carbonyl (C=O) groups excluding carboxylic acids is 1. The molecule has 0 aromatic heterocycles. The lowest BCUT2D eigenvalue weighted by molar-refractivity contribution is -0.125. The molecule has 0 aliphatic rings. The third-order valence-corrected chi connectivity index (χ3v) is 3.35. The van der Waals surface area contributed by atoms with Crippen LogP contribution in [0.2, 0.25) is 0 Å². The molecule has 5 heteroatoms. The Hall–Kier alpha value is -1.13. The lowest BCUT2D eigenvalue weighted by Gasteiger charge is -2.28. The van der Waals surface area contributed by atoms with Gasteiger partial charge in [0.2, 0.25) is 5.91 Å². The molecule has 0 aliphatic heterocycles. The maximum absolute atomic E-state index is 13.4. The highest BCUT2D eigenvalue weighted by Gasteiger charge is 2.33. The Morgan fingerprint density at radius 2 is 1.89 bits per heavy atom. The summed E-state index contributed by atoms with van der Waals surface area (Å²) < 4.78 is 13.4. The molecule has 0 unspecified atom stereocenters. The van der Waals surface area contributed by atoms with Gasteiger partial charge >= 0.3 is 0 Å². The standard InChI is InChI=1S/C13H19FN2O.ClH/c1-3-13(4-2,9-15)12(17)16-11-8-6-5-7-10(11)14;/h5-8H,3-4,9,15H2,1-2H3,(H,16,17);1H. The van der Waals surface area contributed by atoms with Crippen molar-refractivity contribution in [2.75, 3.05) is 11.9 Å². The van der Waals surface area contributed by atoms with E-state index in [0.29, 0.717) is 12.8 Å². The molecule has 0 fully saturated rings. The largest absolute Gasteiger partial charge is 0.329 e. The minimum absolute atomic E-state index is 0. The van der Waals surface area contributed by atoms with Crippen LogP contribution in [-0.2, 0) is 4.79 Å². The molecule has 102 valence electrons. The molecule has 0 heterocycles. The van der Waals surface area contributed by atoms with E-state index < -0.39 is 11.2 Å². The molecule has 1 aromatic carbocycles. The number of amides is 1. The second kappa shape index (κ2) is 7.34. The van der Waals surface area contributed by atoms with E-state index in [1.54, 1.807) is 18.2 Å². The lowest BCUT2D eigenvalue weighted by Crippen LogP contribution is -2.41. The van der Waals surface area contributed by atoms with Gasteiger partial charge in [-0.25, -0.2) is 4.39 Å². The fraction of sp³-hybridized carbons (Fsp3) is 0.462. The van der Waals surface area contributed by atoms with Gasteiger partial charge < -0.3 is 11.1 Å². The molecule has 1 rings (SSSR count). The van der Waals surface area contributed by atoms with E-state index in [1.165, 1.54) is 6.07 Å². The molecule has 0 aliphatic carbocycles. The number of nitrogens with one attached hydrogen (secondary N) is 1. The van der Waals surface area contributed by atoms with Gasteiger partial charge in [-0.2, -0.15) is 0 Å². The Kier molecular flexibility index (Phi) is 6.88. The molecular weight excluding hydrogens is 255 g/mol. The van der Waals surface area contributed by atoms with E-state index in [2.05, 4.69) is 5.32 Å². The van der Waals surface area contributed by atoms with Crippen LogP contribution in [0.4, 0.5) is 10.1 Å². The maximum atomic E-state index is 13.4. The van der Waals surface area contributed by atoms with Crippen LogP contribution in [0.3, 0.4) is 0 Å². The normalized spacial score (nSPS) is 10.7. The fourth-order valence-corrected chi connectivity index (χ4v) is 1.77. The predicted octanol–water partition coefficient (Wildman–Crippen LogP) is 2.95. The van der Waals surface area contributed by atoms with Gasteiger partial charge in [0.1, 0.15) is 5.82 Å². The van der Waals surface area contributed by atoms with E-state index >= 15 is 0 Å². The summed E-state index contributed by atoms with van der Waals surface area (Å²) in [6, 6.07) is 6.12. The van der Waals surface area contributed by atoms with Gasteiger partial charge in [0.05, 0.1) is 11.1 Å². The molecule has 18 heavy (non-hydrogen) atoms. The third kappa shape index (κ3) is 3.43. The Morgan fingerprint density at radius 1 is 1.33 bits per heavy atom. The number of nitrogens with two attached hydrogens (primary N) is 1. The smallest absolute Gasteiger partial charge is 0.231 e. The minimum Gasteiger partial charge on any atom is -0.329 e. The van der Waals surface area contributed by atoms with Crippen molar-refractivity contribution in [1.82, 2.24) is 0 Å². The van der Waals surface area contributed by atoms with Crippen LogP contribution in [0.1, 0.15) is 26.7 Å². The van der Waals surface area contributed by atoms with Crippen LogP contribution in [0.15, 0.2) is 24.3 Å². The molecule has 0 radical (unpaired) electrons. The Labute approximate surface area is 113 Å². The van der Waals surface area contributed by atoms with Gasteiger partial charge in [-0.3, -0.25) is 4.79 Å². The van der Waals surface area contributed by atoms with Crippen LogP contribution < -0.4 is 11.1 Å². The average Bonchev–Trinajstić information content (AvgIpc) is 2.35. The number of benzene rings is 1. The summed E-state index contributed by atoms with van der Waals surface area (Å²) in [5.41, 5.74) is 5.26. The van der Waals surface area contributed by atoms with Gasteiger partial charge in [-0.05, 0) is 25.0 Å². The van der Waals surface area contributed by atoms with Crippen molar-refractivity contribution in [1.29, 1.82) is 0 Å². The molecule has 3 N–H and O–H groups in total. The molecule has 0 spiro atoms. The Balaban J connectivity index is 0.00000289. The van der Waals surface area contributed by atoms with Crippen LogP contribution in [-0.4, -0.2) is 12.5 Å². The SMILES string of the molecule is CCC(CC)(CN)C(=O)Nc1ccccc1F.Cl. The summed E-state index contributed by atoms with van der Waals surface area (Å²) in [7, 11) is 0. The second-order valence-corrected chi connectivity index (χ2v) is 4.13. The first-order valence-electron chi connectivity index (χ1n) is 5.85. The van der Waals surface area contributed by atoms with Crippen molar-refractivity contribution in [3.63, 3.8) is 0 Å². The minimum atomic E-state index is -0.609. The first-order chi connectivity index (χ1) is 8.09. The highest BCUT2D eigenvalue weighted by Crippen LogP contribution is 2.27. The molecule has 1 aromatic rings. The van der Waals surface area contributed by atoms with Gasteiger partial charge in [-0.1, -0.05) is 26.0 Å². The van der Waals surface area contributed by atoms with E-state index in [-0.39, 0.29) is 30.5 Å². The van der Waals surface area contributed by atoms with E-state index in [0.717, 1.165) is 0 Å². The highest BCUT2D eigenvalue weighted by atomic mass is 35.5. The molecule has 1 amide bonds. The number of hydrogen-bond acceptors (Lipinski definition) is 2. The van der Waals surface area contributed by atoms with Crippen molar-refractivity contribution < 1.29 is 9.18 Å². The summed E-state index contributed by atoms with van der Waals surface area (Å²) in [4.78, 5) is 12.1. The molecule has 0 bridgehead atoms. The summed E-state index contributed by atoms with van der Waals surface area (Å²) in [6.07, 6.45) is 1.28. The van der Waals surface area contributed by atoms with E-state index in [9.17, 15) is 9.18 Å². The van der Waals surface area contributed by atoms with Gasteiger partial charge in [0.25, 0.3) is 0 Å². The first kappa shape index (κ1) is 16.9. The summed E-state index contributed by atoms with van der Waals surface area (Å²) in [6.45, 7) is 4.09. The molecule has 0 saturated heterocycles. The third-order valence-electron chi connectivity index (χ3n) is 3.35. The van der Waals surface area contributed by atoms with Crippen LogP contribution in [0.5, 0.6) is 0 Å². The van der Waals surface area contributed by atoms with Crippen molar-refractivity contribution in [2.45, 2.75) is 26.7 Å². The Bertz CT molecular complexity index is 386. The Morgan fingerprint density at radius 3 is 2.33 bits per heavy atom. The second-order valence-electron chi connectivity index (χ2n) is 4.13. The number of hydrogen-bond donors (Lipinski definition) is 2. The van der Waals surface area contributed by atoms with Gasteiger partial charge in [0.15, 0.2) is 0 Å². The molecule has 0 saturated carbocycles. The maximum Gasteiger partial charge on any atom is 0.231 e. The van der Waals surface area contributed by atoms with Crippen LogP contribution in [0.25, 0.3) is 0 Å². The zero-order valence-electron chi connectivity index (χ0n) is 10.7. The lowest BCUT2D eigenvalue weighted by atomic mass is 9.81. The summed E-state index contributed by atoms with van der Waals surface area (Å²) >= 11 is 0. The van der Waals surface area contributed by atoms with Crippen molar-refractivity contribution in [3.8, 4) is 0 Å².